The number of carbonyl (C=O) groups is 1. The molecule has 1 aliphatic rings. The third kappa shape index (κ3) is 4.53. The molecule has 0 aliphatic carbocycles. The first-order chi connectivity index (χ1) is 13.7. The van der Waals surface area contributed by atoms with Crippen molar-refractivity contribution in [3.05, 3.63) is 68.2 Å². The molecule has 0 N–H and O–H groups in total. The molecule has 3 rings (SSSR count). The number of nitro groups is 1. The highest BCUT2D eigenvalue weighted by Gasteiger charge is 2.34. The Bertz CT molecular complexity index is 1030. The van der Waals surface area contributed by atoms with Gasteiger partial charge in [0.1, 0.15) is 0 Å². The van der Waals surface area contributed by atoms with Gasteiger partial charge in [-0.1, -0.05) is 41.4 Å². The molecule has 0 aromatic heterocycles. The number of piperazine rings is 1. The zero-order valence-corrected chi connectivity index (χ0v) is 17.5. The zero-order chi connectivity index (χ0) is 21.2. The Balaban J connectivity index is 1.70. The largest absolute Gasteiger partial charge is 0.340 e. The second-order valence-corrected chi connectivity index (χ2v) is 9.11. The second-order valence-electron chi connectivity index (χ2n) is 6.39. The molecule has 11 heteroatoms. The molecule has 0 unspecified atom stereocenters. The smallest absolute Gasteiger partial charge is 0.289 e. The molecule has 1 saturated heterocycles. The number of benzene rings is 2. The Labute approximate surface area is 177 Å². The quantitative estimate of drug-likeness (QED) is 0.507. The summed E-state index contributed by atoms with van der Waals surface area (Å²) >= 11 is 12.2. The molecule has 8 nitrogen and oxygen atoms in total. The highest BCUT2D eigenvalue weighted by molar-refractivity contribution is 7.89. The maximum atomic E-state index is 12.9. The molecule has 0 atom stereocenters. The third-order valence-corrected chi connectivity index (χ3v) is 7.32. The molecule has 0 radical (unpaired) electrons. The molecule has 1 aliphatic heterocycles. The van der Waals surface area contributed by atoms with Crippen LogP contribution < -0.4 is 0 Å². The van der Waals surface area contributed by atoms with Gasteiger partial charge in [0.25, 0.3) is 5.69 Å². The van der Waals surface area contributed by atoms with Crippen molar-refractivity contribution in [1.82, 2.24) is 9.21 Å². The van der Waals surface area contributed by atoms with E-state index < -0.39 is 20.6 Å². The molecular weight excluding hydrogens is 441 g/mol. The molecule has 1 amide bonds. The lowest BCUT2D eigenvalue weighted by Gasteiger charge is -2.34. The first kappa shape index (κ1) is 21.5. The third-order valence-electron chi connectivity index (χ3n) is 4.66. The van der Waals surface area contributed by atoms with E-state index in [4.69, 9.17) is 23.2 Å². The summed E-state index contributed by atoms with van der Waals surface area (Å²) in [6, 6.07) is 10.2. The number of nitro benzene ring substituents is 1. The number of amides is 1. The number of halogens is 2. The van der Waals surface area contributed by atoms with Crippen LogP contribution in [0, 0.1) is 10.1 Å². The molecular formula is C18H17Cl2N3O5S. The Hall–Kier alpha value is -2.20. The van der Waals surface area contributed by atoms with Gasteiger partial charge in [-0.25, -0.2) is 8.42 Å². The van der Waals surface area contributed by atoms with Crippen molar-refractivity contribution in [3.8, 4) is 0 Å². The summed E-state index contributed by atoms with van der Waals surface area (Å²) in [6.45, 7) is 0.411. The predicted octanol–water partition coefficient (Wildman–Crippen LogP) is 2.98. The molecule has 1 fully saturated rings. The van der Waals surface area contributed by atoms with Crippen LogP contribution in [0.5, 0.6) is 0 Å². The van der Waals surface area contributed by atoms with Crippen LogP contribution >= 0.6 is 23.2 Å². The number of hydrogen-bond donors (Lipinski definition) is 0. The van der Waals surface area contributed by atoms with E-state index in [2.05, 4.69) is 0 Å². The average Bonchev–Trinajstić information content (AvgIpc) is 2.70. The maximum absolute atomic E-state index is 12.9. The number of nitrogens with zero attached hydrogens (tertiary/aromatic N) is 3. The van der Waals surface area contributed by atoms with Gasteiger partial charge in [-0.2, -0.15) is 4.31 Å². The summed E-state index contributed by atoms with van der Waals surface area (Å²) in [5.74, 6) is -0.220. The van der Waals surface area contributed by atoms with Crippen LogP contribution in [0.25, 0.3) is 0 Å². The van der Waals surface area contributed by atoms with Crippen LogP contribution in [-0.4, -0.2) is 54.6 Å². The lowest BCUT2D eigenvalue weighted by molar-refractivity contribution is -0.387. The lowest BCUT2D eigenvalue weighted by atomic mass is 10.1. The number of para-hydroxylation sites is 1. The summed E-state index contributed by atoms with van der Waals surface area (Å²) in [6.07, 6.45) is 0.00934. The standard InChI is InChI=1S/C18H17Cl2N3O5S/c19-14-4-3-5-15(20)13(14)12-18(24)21-8-10-22(11-9-21)29(27,28)17-7-2-1-6-16(17)23(25)26/h1-7H,8-12H2. The van der Waals surface area contributed by atoms with E-state index in [0.717, 1.165) is 10.4 Å². The van der Waals surface area contributed by atoms with Crippen LogP contribution in [0.3, 0.4) is 0 Å². The monoisotopic (exact) mass is 457 g/mol. The van der Waals surface area contributed by atoms with E-state index in [1.54, 1.807) is 18.2 Å². The summed E-state index contributed by atoms with van der Waals surface area (Å²) in [5, 5.41) is 12.0. The van der Waals surface area contributed by atoms with Crippen molar-refractivity contribution >= 4 is 44.8 Å². The molecule has 29 heavy (non-hydrogen) atoms. The van der Waals surface area contributed by atoms with Gasteiger partial charge in [0, 0.05) is 42.3 Å². The normalized spacial score (nSPS) is 15.3. The lowest BCUT2D eigenvalue weighted by Crippen LogP contribution is -2.50. The minimum atomic E-state index is -4.05. The first-order valence-corrected chi connectivity index (χ1v) is 10.9. The van der Waals surface area contributed by atoms with Crippen LogP contribution in [0.1, 0.15) is 5.56 Å². The van der Waals surface area contributed by atoms with Crippen molar-refractivity contribution in [2.75, 3.05) is 26.2 Å². The molecule has 1 heterocycles. The van der Waals surface area contributed by atoms with Gasteiger partial charge in [0.05, 0.1) is 11.3 Å². The van der Waals surface area contributed by atoms with Gasteiger partial charge in [0.15, 0.2) is 4.90 Å². The van der Waals surface area contributed by atoms with Gasteiger partial charge in [0.2, 0.25) is 15.9 Å². The Kier molecular flexibility index (Phi) is 6.42. The highest BCUT2D eigenvalue weighted by Crippen LogP contribution is 2.28. The average molecular weight is 458 g/mol. The molecule has 154 valence electrons. The fraction of sp³-hybridized carbons (Fsp3) is 0.278. The van der Waals surface area contributed by atoms with E-state index in [-0.39, 0.29) is 43.4 Å². The summed E-state index contributed by atoms with van der Waals surface area (Å²) < 4.78 is 26.9. The topological polar surface area (TPSA) is 101 Å². The first-order valence-electron chi connectivity index (χ1n) is 8.66. The van der Waals surface area contributed by atoms with Gasteiger partial charge >= 0.3 is 0 Å². The fourth-order valence-corrected chi connectivity index (χ4v) is 5.22. The summed E-state index contributed by atoms with van der Waals surface area (Å²) in [5.41, 5.74) is 0.0511. The van der Waals surface area contributed by atoms with E-state index in [1.807, 2.05) is 0 Å². The van der Waals surface area contributed by atoms with Crippen LogP contribution in [0.15, 0.2) is 47.4 Å². The second kappa shape index (κ2) is 8.66. The zero-order valence-electron chi connectivity index (χ0n) is 15.1. The van der Waals surface area contributed by atoms with Crippen LogP contribution in [-0.2, 0) is 21.2 Å². The summed E-state index contributed by atoms with van der Waals surface area (Å²) in [7, 11) is -4.05. The number of carbonyl (C=O) groups excluding carboxylic acids is 1. The van der Waals surface area contributed by atoms with Crippen molar-refractivity contribution in [1.29, 1.82) is 0 Å². The molecule has 2 aromatic rings. The fourth-order valence-electron chi connectivity index (χ4n) is 3.11. The highest BCUT2D eigenvalue weighted by atomic mass is 35.5. The Morgan fingerprint density at radius 3 is 2.17 bits per heavy atom. The number of sulfonamides is 1. The van der Waals surface area contributed by atoms with Crippen molar-refractivity contribution in [3.63, 3.8) is 0 Å². The van der Waals surface area contributed by atoms with Gasteiger partial charge in [-0.15, -0.1) is 0 Å². The minimum Gasteiger partial charge on any atom is -0.340 e. The summed E-state index contributed by atoms with van der Waals surface area (Å²) in [4.78, 5) is 24.2. The predicted molar refractivity (Wildman–Crippen MR) is 109 cm³/mol. The van der Waals surface area contributed by atoms with E-state index in [0.29, 0.717) is 15.6 Å². The van der Waals surface area contributed by atoms with Crippen LogP contribution in [0.2, 0.25) is 10.0 Å². The SMILES string of the molecule is O=C(Cc1c(Cl)cccc1Cl)N1CCN(S(=O)(=O)c2ccccc2[N+](=O)[O-])CC1. The molecule has 0 spiro atoms. The number of hydrogen-bond acceptors (Lipinski definition) is 5. The Morgan fingerprint density at radius 1 is 1.00 bits per heavy atom. The van der Waals surface area contributed by atoms with Gasteiger partial charge < -0.3 is 4.90 Å². The van der Waals surface area contributed by atoms with E-state index in [9.17, 15) is 23.3 Å². The number of rotatable bonds is 5. The maximum Gasteiger partial charge on any atom is 0.289 e. The van der Waals surface area contributed by atoms with Crippen molar-refractivity contribution in [2.24, 2.45) is 0 Å². The van der Waals surface area contributed by atoms with Gasteiger partial charge in [-0.05, 0) is 23.8 Å². The molecule has 0 bridgehead atoms. The van der Waals surface area contributed by atoms with E-state index in [1.165, 1.54) is 23.1 Å². The minimum absolute atomic E-state index is 0.00934. The van der Waals surface area contributed by atoms with E-state index >= 15 is 0 Å². The molecule has 2 aromatic carbocycles. The Morgan fingerprint density at radius 2 is 1.59 bits per heavy atom. The van der Waals surface area contributed by atoms with Crippen molar-refractivity contribution in [2.45, 2.75) is 11.3 Å². The molecule has 0 saturated carbocycles. The van der Waals surface area contributed by atoms with Crippen LogP contribution in [0.4, 0.5) is 5.69 Å². The van der Waals surface area contributed by atoms with Crippen molar-refractivity contribution < 1.29 is 18.1 Å². The van der Waals surface area contributed by atoms with Gasteiger partial charge in [-0.3, -0.25) is 14.9 Å².